The Morgan fingerprint density at radius 2 is 1.82 bits per heavy atom. The molecule has 0 saturated heterocycles. The predicted octanol–water partition coefficient (Wildman–Crippen LogP) is 1.39. The van der Waals surface area contributed by atoms with Gasteiger partial charge in [-0.3, -0.25) is 14.2 Å². The van der Waals surface area contributed by atoms with Gasteiger partial charge < -0.3 is 10.4 Å². The fourth-order valence-electron chi connectivity index (χ4n) is 2.67. The first kappa shape index (κ1) is 14.2. The van der Waals surface area contributed by atoms with Crippen LogP contribution >= 0.6 is 0 Å². The van der Waals surface area contributed by atoms with Crippen LogP contribution in [0.5, 0.6) is 0 Å². The number of amides is 1. The maximum atomic E-state index is 12.3. The second kappa shape index (κ2) is 5.59. The van der Waals surface area contributed by atoms with Crippen molar-refractivity contribution in [3.05, 3.63) is 42.5 Å². The molecule has 2 aromatic rings. The summed E-state index contributed by atoms with van der Waals surface area (Å²) in [4.78, 5) is 23.2. The molecule has 0 atom stereocenters. The van der Waals surface area contributed by atoms with Crippen molar-refractivity contribution in [1.29, 1.82) is 0 Å². The lowest BCUT2D eigenvalue weighted by molar-refractivity contribution is -0.139. The summed E-state index contributed by atoms with van der Waals surface area (Å²) >= 11 is 0. The normalized spacial score (nSPS) is 15.8. The lowest BCUT2D eigenvalue weighted by Gasteiger charge is -2.41. The fourth-order valence-corrected chi connectivity index (χ4v) is 2.67. The lowest BCUT2D eigenvalue weighted by Crippen LogP contribution is -2.54. The fraction of sp³-hybridized carbons (Fsp3) is 0.333. The molecule has 22 heavy (non-hydrogen) atoms. The standard InChI is InChI=1S/C15H16N4O3/c20-13(21)8-15(6-1-7-15)18-14(22)11-2-4-12(5-3-11)19-9-16-17-10-19/h2-5,9-10H,1,6-8H2,(H,18,22)(H,20,21). The highest BCUT2D eigenvalue weighted by Gasteiger charge is 2.40. The number of carbonyl (C=O) groups excluding carboxylic acids is 1. The first-order chi connectivity index (χ1) is 10.6. The van der Waals surface area contributed by atoms with Crippen molar-refractivity contribution in [2.45, 2.75) is 31.2 Å². The van der Waals surface area contributed by atoms with E-state index in [0.717, 1.165) is 12.1 Å². The molecule has 1 aliphatic rings. The van der Waals surface area contributed by atoms with Crippen LogP contribution in [0.3, 0.4) is 0 Å². The summed E-state index contributed by atoms with van der Waals surface area (Å²) < 4.78 is 1.74. The Morgan fingerprint density at radius 1 is 1.18 bits per heavy atom. The van der Waals surface area contributed by atoms with Gasteiger partial charge in [-0.2, -0.15) is 0 Å². The van der Waals surface area contributed by atoms with Crippen LogP contribution < -0.4 is 5.32 Å². The second-order valence-corrected chi connectivity index (χ2v) is 5.57. The average Bonchev–Trinajstić information content (AvgIpc) is 2.98. The first-order valence-corrected chi connectivity index (χ1v) is 7.07. The summed E-state index contributed by atoms with van der Waals surface area (Å²) in [6.07, 6.45) is 5.49. The Morgan fingerprint density at radius 3 is 2.32 bits per heavy atom. The number of carbonyl (C=O) groups is 2. The maximum absolute atomic E-state index is 12.3. The van der Waals surface area contributed by atoms with Crippen molar-refractivity contribution in [1.82, 2.24) is 20.1 Å². The molecule has 1 aromatic carbocycles. The zero-order valence-electron chi connectivity index (χ0n) is 11.9. The van der Waals surface area contributed by atoms with E-state index in [9.17, 15) is 9.59 Å². The van der Waals surface area contributed by atoms with Crippen molar-refractivity contribution >= 4 is 11.9 Å². The third-order valence-corrected chi connectivity index (χ3v) is 4.03. The Labute approximate surface area is 127 Å². The van der Waals surface area contributed by atoms with Crippen LogP contribution in [0.15, 0.2) is 36.9 Å². The number of hydrogen-bond acceptors (Lipinski definition) is 4. The van der Waals surface area contributed by atoms with Crippen LogP contribution in [0.25, 0.3) is 5.69 Å². The number of nitrogens with one attached hydrogen (secondary N) is 1. The summed E-state index contributed by atoms with van der Waals surface area (Å²) in [5.41, 5.74) is 0.773. The number of hydrogen-bond donors (Lipinski definition) is 2. The Hall–Kier alpha value is -2.70. The van der Waals surface area contributed by atoms with Crippen LogP contribution in [0.4, 0.5) is 0 Å². The quantitative estimate of drug-likeness (QED) is 0.869. The van der Waals surface area contributed by atoms with Gasteiger partial charge in [0, 0.05) is 11.3 Å². The summed E-state index contributed by atoms with van der Waals surface area (Å²) in [6, 6.07) is 7.00. The summed E-state index contributed by atoms with van der Waals surface area (Å²) in [6.45, 7) is 0. The predicted molar refractivity (Wildman–Crippen MR) is 77.7 cm³/mol. The number of carboxylic acid groups (broad SMARTS) is 1. The molecule has 3 rings (SSSR count). The van der Waals surface area contributed by atoms with Crippen LogP contribution in [0, 0.1) is 0 Å². The Bertz CT molecular complexity index is 675. The van der Waals surface area contributed by atoms with E-state index in [1.54, 1.807) is 41.5 Å². The first-order valence-electron chi connectivity index (χ1n) is 7.07. The van der Waals surface area contributed by atoms with Gasteiger partial charge in [0.25, 0.3) is 5.91 Å². The minimum atomic E-state index is -0.886. The average molecular weight is 300 g/mol. The highest BCUT2D eigenvalue weighted by atomic mass is 16.4. The molecular weight excluding hydrogens is 284 g/mol. The molecule has 1 saturated carbocycles. The zero-order valence-corrected chi connectivity index (χ0v) is 11.9. The van der Waals surface area contributed by atoms with Gasteiger partial charge in [-0.1, -0.05) is 0 Å². The van der Waals surface area contributed by atoms with Gasteiger partial charge in [0.1, 0.15) is 12.7 Å². The van der Waals surface area contributed by atoms with Crippen LogP contribution in [-0.4, -0.2) is 37.3 Å². The SMILES string of the molecule is O=C(O)CC1(NC(=O)c2ccc(-n3cnnc3)cc2)CCC1. The van der Waals surface area contributed by atoms with Gasteiger partial charge in [0.05, 0.1) is 12.0 Å². The van der Waals surface area contributed by atoms with Crippen LogP contribution in [0.2, 0.25) is 0 Å². The van der Waals surface area contributed by atoms with Crippen LogP contribution in [0.1, 0.15) is 36.0 Å². The largest absolute Gasteiger partial charge is 0.481 e. The molecule has 114 valence electrons. The Balaban J connectivity index is 1.71. The molecule has 1 fully saturated rings. The van der Waals surface area contributed by atoms with E-state index < -0.39 is 11.5 Å². The Kier molecular flexibility index (Phi) is 3.62. The molecule has 1 aromatic heterocycles. The number of nitrogens with zero attached hydrogens (tertiary/aromatic N) is 3. The molecule has 2 N–H and O–H groups in total. The van der Waals surface area contributed by atoms with E-state index in [4.69, 9.17) is 5.11 Å². The van der Waals surface area contributed by atoms with Crippen molar-refractivity contribution in [2.24, 2.45) is 0 Å². The van der Waals surface area contributed by atoms with Crippen molar-refractivity contribution in [2.75, 3.05) is 0 Å². The van der Waals surface area contributed by atoms with Crippen LogP contribution in [-0.2, 0) is 4.79 Å². The van der Waals surface area contributed by atoms with Gasteiger partial charge in [0.2, 0.25) is 0 Å². The van der Waals surface area contributed by atoms with E-state index in [1.807, 2.05) is 0 Å². The number of carboxylic acids is 1. The van der Waals surface area contributed by atoms with E-state index >= 15 is 0 Å². The van der Waals surface area contributed by atoms with Gasteiger partial charge in [0.15, 0.2) is 0 Å². The smallest absolute Gasteiger partial charge is 0.305 e. The molecule has 0 aliphatic heterocycles. The number of aliphatic carboxylic acids is 1. The molecule has 7 nitrogen and oxygen atoms in total. The molecule has 0 radical (unpaired) electrons. The van der Waals surface area contributed by atoms with Crippen molar-refractivity contribution < 1.29 is 14.7 Å². The summed E-state index contributed by atoms with van der Waals surface area (Å²) in [7, 11) is 0. The molecule has 0 unspecified atom stereocenters. The van der Waals surface area contributed by atoms with Gasteiger partial charge in [-0.25, -0.2) is 0 Å². The number of aromatic nitrogens is 3. The van der Waals surface area contributed by atoms with Gasteiger partial charge in [-0.15, -0.1) is 10.2 Å². The summed E-state index contributed by atoms with van der Waals surface area (Å²) in [5.74, 6) is -1.13. The van der Waals surface area contributed by atoms with Crippen molar-refractivity contribution in [3.8, 4) is 5.69 Å². The number of benzene rings is 1. The van der Waals surface area contributed by atoms with E-state index in [0.29, 0.717) is 18.4 Å². The minimum absolute atomic E-state index is 0.0302. The van der Waals surface area contributed by atoms with E-state index in [1.165, 1.54) is 0 Å². The third kappa shape index (κ3) is 2.83. The highest BCUT2D eigenvalue weighted by molar-refractivity contribution is 5.95. The molecule has 1 amide bonds. The maximum Gasteiger partial charge on any atom is 0.305 e. The molecule has 7 heteroatoms. The molecule has 0 spiro atoms. The molecule has 0 bridgehead atoms. The number of rotatable bonds is 5. The summed E-state index contributed by atoms with van der Waals surface area (Å²) in [5, 5.41) is 19.3. The van der Waals surface area contributed by atoms with E-state index in [-0.39, 0.29) is 12.3 Å². The van der Waals surface area contributed by atoms with Gasteiger partial charge >= 0.3 is 5.97 Å². The topological polar surface area (TPSA) is 97.1 Å². The lowest BCUT2D eigenvalue weighted by atomic mass is 9.74. The van der Waals surface area contributed by atoms with Gasteiger partial charge in [-0.05, 0) is 43.5 Å². The second-order valence-electron chi connectivity index (χ2n) is 5.57. The minimum Gasteiger partial charge on any atom is -0.481 e. The third-order valence-electron chi connectivity index (χ3n) is 4.03. The molecule has 1 heterocycles. The van der Waals surface area contributed by atoms with E-state index in [2.05, 4.69) is 15.5 Å². The molecular formula is C15H16N4O3. The molecule has 1 aliphatic carbocycles. The van der Waals surface area contributed by atoms with Crippen molar-refractivity contribution in [3.63, 3.8) is 0 Å². The monoisotopic (exact) mass is 300 g/mol. The zero-order chi connectivity index (χ0) is 15.6. The highest BCUT2D eigenvalue weighted by Crippen LogP contribution is 2.35.